The lowest BCUT2D eigenvalue weighted by molar-refractivity contribution is -0.133. The molecule has 0 unspecified atom stereocenters. The second-order valence-electron chi connectivity index (χ2n) is 6.69. The topological polar surface area (TPSA) is 65.5 Å². The van der Waals surface area contributed by atoms with Gasteiger partial charge in [-0.3, -0.25) is 14.5 Å². The Hall–Kier alpha value is -1.51. The Morgan fingerprint density at radius 1 is 1.11 bits per heavy atom. The smallest absolute Gasteiger partial charge is 0.240 e. The van der Waals surface area contributed by atoms with Crippen LogP contribution in [0.15, 0.2) is 24.3 Å². The third-order valence-electron chi connectivity index (χ3n) is 4.66. The van der Waals surface area contributed by atoms with Gasteiger partial charge in [0.05, 0.1) is 16.8 Å². The average Bonchev–Trinajstić information content (AvgIpc) is 3.07. The highest BCUT2D eigenvalue weighted by atomic mass is 79.9. The van der Waals surface area contributed by atoms with E-state index in [0.29, 0.717) is 31.2 Å². The number of fused-ring (bicyclic) bond motifs is 1. The van der Waals surface area contributed by atoms with Crippen LogP contribution in [0.4, 0.5) is 5.13 Å². The van der Waals surface area contributed by atoms with E-state index in [-0.39, 0.29) is 11.8 Å². The first-order chi connectivity index (χ1) is 13.2. The quantitative estimate of drug-likeness (QED) is 0.492. The van der Waals surface area contributed by atoms with Gasteiger partial charge in [-0.25, -0.2) is 4.98 Å². The van der Waals surface area contributed by atoms with Gasteiger partial charge in [-0.2, -0.15) is 0 Å². The third kappa shape index (κ3) is 5.99. The fourth-order valence-corrected chi connectivity index (χ4v) is 4.43. The Morgan fingerprint density at radius 3 is 2.63 bits per heavy atom. The highest BCUT2D eigenvalue weighted by Crippen LogP contribution is 2.25. The molecule has 1 aliphatic heterocycles. The SMILES string of the molecule is O=C(CN1CCN(C(=O)CCCCCBr)CC1)Nc1nc2ccccc2s1. The predicted octanol–water partition coefficient (Wildman–Crippen LogP) is 3.33. The minimum absolute atomic E-state index is 0.0522. The molecule has 6 nitrogen and oxygen atoms in total. The number of benzene rings is 1. The van der Waals surface area contributed by atoms with Crippen molar-refractivity contribution in [3.05, 3.63) is 24.3 Å². The molecule has 1 aliphatic rings. The van der Waals surface area contributed by atoms with Crippen molar-refractivity contribution in [2.45, 2.75) is 25.7 Å². The lowest BCUT2D eigenvalue weighted by Gasteiger charge is -2.34. The van der Waals surface area contributed by atoms with Gasteiger partial charge in [0.2, 0.25) is 11.8 Å². The molecule has 0 radical (unpaired) electrons. The van der Waals surface area contributed by atoms with Crippen molar-refractivity contribution in [3.63, 3.8) is 0 Å². The van der Waals surface area contributed by atoms with Gasteiger partial charge in [0.15, 0.2) is 5.13 Å². The number of aromatic nitrogens is 1. The number of piperazine rings is 1. The van der Waals surface area contributed by atoms with Gasteiger partial charge in [-0.15, -0.1) is 0 Å². The molecule has 0 aliphatic carbocycles. The summed E-state index contributed by atoms with van der Waals surface area (Å²) in [6.45, 7) is 3.21. The van der Waals surface area contributed by atoms with Crippen LogP contribution in [0.1, 0.15) is 25.7 Å². The van der Waals surface area contributed by atoms with Crippen molar-refractivity contribution in [2.75, 3.05) is 43.4 Å². The Morgan fingerprint density at radius 2 is 1.89 bits per heavy atom. The highest BCUT2D eigenvalue weighted by molar-refractivity contribution is 9.09. The predicted molar refractivity (Wildman–Crippen MR) is 114 cm³/mol. The van der Waals surface area contributed by atoms with E-state index in [2.05, 4.69) is 31.1 Å². The summed E-state index contributed by atoms with van der Waals surface area (Å²) >= 11 is 4.90. The zero-order chi connectivity index (χ0) is 19.1. The summed E-state index contributed by atoms with van der Waals surface area (Å²) in [5.74, 6) is 0.187. The molecular weight excluding hydrogens is 428 g/mol. The van der Waals surface area contributed by atoms with E-state index in [9.17, 15) is 9.59 Å². The number of alkyl halides is 1. The van der Waals surface area contributed by atoms with Crippen LogP contribution in [0.3, 0.4) is 0 Å². The summed E-state index contributed by atoms with van der Waals surface area (Å²) in [7, 11) is 0. The van der Waals surface area contributed by atoms with Gasteiger partial charge in [0, 0.05) is 37.9 Å². The number of nitrogens with zero attached hydrogens (tertiary/aromatic N) is 3. The Balaban J connectivity index is 1.39. The van der Waals surface area contributed by atoms with Crippen molar-refractivity contribution in [1.29, 1.82) is 0 Å². The number of amides is 2. The Bertz CT molecular complexity index is 741. The molecule has 1 saturated heterocycles. The summed E-state index contributed by atoms with van der Waals surface area (Å²) in [4.78, 5) is 33.0. The minimum atomic E-state index is -0.0522. The zero-order valence-corrected chi connectivity index (χ0v) is 17.7. The lowest BCUT2D eigenvalue weighted by Crippen LogP contribution is -2.50. The molecule has 27 heavy (non-hydrogen) atoms. The van der Waals surface area contributed by atoms with Crippen LogP contribution in [0.5, 0.6) is 0 Å². The van der Waals surface area contributed by atoms with Gasteiger partial charge in [-0.05, 0) is 25.0 Å². The summed E-state index contributed by atoms with van der Waals surface area (Å²) in [5, 5.41) is 4.53. The van der Waals surface area contributed by atoms with Crippen LogP contribution in [0.25, 0.3) is 10.2 Å². The second kappa shape index (κ2) is 10.1. The number of thiazole rings is 1. The molecule has 8 heteroatoms. The fraction of sp³-hybridized carbons (Fsp3) is 0.526. The number of para-hydroxylation sites is 1. The molecule has 1 fully saturated rings. The van der Waals surface area contributed by atoms with Crippen molar-refractivity contribution in [1.82, 2.24) is 14.8 Å². The maximum absolute atomic E-state index is 12.3. The van der Waals surface area contributed by atoms with E-state index >= 15 is 0 Å². The first-order valence-electron chi connectivity index (χ1n) is 9.37. The molecule has 1 aromatic heterocycles. The zero-order valence-electron chi connectivity index (χ0n) is 15.3. The number of nitrogens with one attached hydrogen (secondary N) is 1. The Labute approximate surface area is 172 Å². The van der Waals surface area contributed by atoms with E-state index in [1.807, 2.05) is 29.2 Å². The standard InChI is InChI=1S/C19H25BrN4O2S/c20-9-5-1-2-8-18(26)24-12-10-23(11-13-24)14-17(25)22-19-21-15-6-3-4-7-16(15)27-19/h3-4,6-7H,1-2,5,8-14H2,(H,21,22,25). The maximum atomic E-state index is 12.3. The van der Waals surface area contributed by atoms with Crippen LogP contribution < -0.4 is 5.32 Å². The van der Waals surface area contributed by atoms with E-state index in [0.717, 1.165) is 47.9 Å². The fourth-order valence-electron chi connectivity index (χ4n) is 3.15. The van der Waals surface area contributed by atoms with Crippen LogP contribution >= 0.6 is 27.3 Å². The third-order valence-corrected chi connectivity index (χ3v) is 6.17. The average molecular weight is 453 g/mol. The molecule has 0 spiro atoms. The number of anilines is 1. The molecule has 1 aromatic carbocycles. The molecular formula is C19H25BrN4O2S. The molecule has 0 saturated carbocycles. The minimum Gasteiger partial charge on any atom is -0.340 e. The van der Waals surface area contributed by atoms with Crippen molar-refractivity contribution in [3.8, 4) is 0 Å². The number of halogens is 1. The van der Waals surface area contributed by atoms with Gasteiger partial charge < -0.3 is 10.2 Å². The van der Waals surface area contributed by atoms with Gasteiger partial charge in [0.25, 0.3) is 0 Å². The number of carbonyl (C=O) groups is 2. The van der Waals surface area contributed by atoms with Gasteiger partial charge >= 0.3 is 0 Å². The van der Waals surface area contributed by atoms with Crippen molar-refractivity contribution in [2.24, 2.45) is 0 Å². The number of hydrogen-bond donors (Lipinski definition) is 1. The number of hydrogen-bond acceptors (Lipinski definition) is 5. The molecule has 1 N–H and O–H groups in total. The molecule has 3 rings (SSSR count). The number of unbranched alkanes of at least 4 members (excludes halogenated alkanes) is 2. The largest absolute Gasteiger partial charge is 0.340 e. The summed E-state index contributed by atoms with van der Waals surface area (Å²) in [6, 6.07) is 7.85. The molecule has 0 bridgehead atoms. The summed E-state index contributed by atoms with van der Waals surface area (Å²) < 4.78 is 1.07. The number of rotatable bonds is 8. The first kappa shape index (κ1) is 20.2. The molecule has 0 atom stereocenters. The first-order valence-corrected chi connectivity index (χ1v) is 11.3. The van der Waals surface area contributed by atoms with Gasteiger partial charge in [-0.1, -0.05) is 45.8 Å². The summed E-state index contributed by atoms with van der Waals surface area (Å²) in [5.41, 5.74) is 0.904. The van der Waals surface area contributed by atoms with Crippen molar-refractivity contribution >= 4 is 54.4 Å². The van der Waals surface area contributed by atoms with Gasteiger partial charge in [0.1, 0.15) is 0 Å². The highest BCUT2D eigenvalue weighted by Gasteiger charge is 2.22. The van der Waals surface area contributed by atoms with Crippen LogP contribution in [-0.2, 0) is 9.59 Å². The Kier molecular flexibility index (Phi) is 7.60. The summed E-state index contributed by atoms with van der Waals surface area (Å²) in [6.07, 6.45) is 3.79. The van der Waals surface area contributed by atoms with E-state index in [1.165, 1.54) is 11.3 Å². The van der Waals surface area contributed by atoms with E-state index in [1.54, 1.807) is 0 Å². The molecule has 2 heterocycles. The van der Waals surface area contributed by atoms with Crippen molar-refractivity contribution < 1.29 is 9.59 Å². The molecule has 146 valence electrons. The number of carbonyl (C=O) groups excluding carboxylic acids is 2. The van der Waals surface area contributed by atoms with E-state index in [4.69, 9.17) is 0 Å². The van der Waals surface area contributed by atoms with Crippen LogP contribution in [-0.4, -0.2) is 64.7 Å². The van der Waals surface area contributed by atoms with Crippen LogP contribution in [0.2, 0.25) is 0 Å². The van der Waals surface area contributed by atoms with Crippen LogP contribution in [0, 0.1) is 0 Å². The normalized spacial score (nSPS) is 15.2. The molecule has 2 amide bonds. The second-order valence-corrected chi connectivity index (χ2v) is 8.52. The van der Waals surface area contributed by atoms with E-state index < -0.39 is 0 Å². The monoisotopic (exact) mass is 452 g/mol. The lowest BCUT2D eigenvalue weighted by atomic mass is 10.2. The molecule has 2 aromatic rings. The maximum Gasteiger partial charge on any atom is 0.240 e.